The van der Waals surface area contributed by atoms with Gasteiger partial charge in [-0.2, -0.15) is 0 Å². The van der Waals surface area contributed by atoms with Crippen LogP contribution in [0.4, 0.5) is 10.5 Å². The van der Waals surface area contributed by atoms with Crippen molar-refractivity contribution in [1.82, 2.24) is 19.8 Å². The van der Waals surface area contributed by atoms with Gasteiger partial charge < -0.3 is 15.0 Å². The second-order valence-electron chi connectivity index (χ2n) is 15.2. The Morgan fingerprint density at radius 3 is 2.25 bits per heavy atom. The molecule has 1 fully saturated rings. The highest BCUT2D eigenvalue weighted by atomic mass is 35.5. The van der Waals surface area contributed by atoms with Crippen molar-refractivity contribution in [2.24, 2.45) is 16.8 Å². The fraction of sp³-hybridized carbons (Fsp3) is 0.405. The van der Waals surface area contributed by atoms with Crippen LogP contribution < -0.4 is 10.1 Å². The van der Waals surface area contributed by atoms with Gasteiger partial charge in [0, 0.05) is 65.0 Å². The van der Waals surface area contributed by atoms with E-state index in [0.29, 0.717) is 71.8 Å². The Kier molecular flexibility index (Phi) is 11.5. The summed E-state index contributed by atoms with van der Waals surface area (Å²) in [6.45, 7) is 14.0. The highest BCUT2D eigenvalue weighted by molar-refractivity contribution is 6.30. The van der Waals surface area contributed by atoms with E-state index in [9.17, 15) is 4.79 Å². The van der Waals surface area contributed by atoms with Crippen molar-refractivity contribution in [3.05, 3.63) is 118 Å². The van der Waals surface area contributed by atoms with Crippen molar-refractivity contribution in [3.63, 3.8) is 0 Å². The monoisotopic (exact) mass is 754 g/mol. The van der Waals surface area contributed by atoms with Gasteiger partial charge in [0.1, 0.15) is 11.6 Å². The molecule has 4 aromatic rings. The van der Waals surface area contributed by atoms with Crippen LogP contribution in [0.3, 0.4) is 0 Å². The minimum Gasteiger partial charge on any atom is -0.493 e. The molecular formula is C42H48Cl2N6O3. The van der Waals surface area contributed by atoms with Gasteiger partial charge in [-0.3, -0.25) is 24.7 Å². The molecule has 0 saturated carbocycles. The number of nitrogens with zero attached hydrogens (tertiary/aromatic N) is 5. The van der Waals surface area contributed by atoms with Crippen molar-refractivity contribution >= 4 is 46.7 Å². The summed E-state index contributed by atoms with van der Waals surface area (Å²) in [5, 5.41) is 4.19. The Hall–Kier alpha value is -4.47. The summed E-state index contributed by atoms with van der Waals surface area (Å²) in [5.74, 6) is 0.998. The molecular weight excluding hydrogens is 707 g/mol. The Balaban J connectivity index is 1.42. The number of urea groups is 1. The van der Waals surface area contributed by atoms with Gasteiger partial charge in [-0.15, -0.1) is 0 Å². The summed E-state index contributed by atoms with van der Waals surface area (Å²) >= 11 is 12.8. The number of carbonyl (C=O) groups is 2. The second-order valence-corrected chi connectivity index (χ2v) is 16.1. The smallest absolute Gasteiger partial charge is 0.326 e. The topological polar surface area (TPSA) is 100 Å². The Bertz CT molecular complexity index is 1940. The SMILES string of the molecule is CCOc1cc(C(C)(C)C)ncc1C1=N[C@@](C)(c2ccc(Cl)cc2)C(C)[C@H](c2ccc(Cl)cc2)N1C(=O)N1CCC(CC(=O)Nc2cccnc2)CC1. The third kappa shape index (κ3) is 8.36. The number of likely N-dealkylation sites (tertiary alicyclic amines) is 1. The lowest BCUT2D eigenvalue weighted by molar-refractivity contribution is -0.117. The number of hydrogen-bond acceptors (Lipinski definition) is 6. The van der Waals surface area contributed by atoms with E-state index in [1.807, 2.05) is 77.4 Å². The maximum absolute atomic E-state index is 15.2. The van der Waals surface area contributed by atoms with Crippen molar-refractivity contribution in [2.75, 3.05) is 25.0 Å². The largest absolute Gasteiger partial charge is 0.493 e. The molecule has 1 N–H and O–H groups in total. The number of anilines is 1. The highest BCUT2D eigenvalue weighted by Crippen LogP contribution is 2.49. The predicted octanol–water partition coefficient (Wildman–Crippen LogP) is 9.70. The molecule has 278 valence electrons. The third-order valence-electron chi connectivity index (χ3n) is 10.5. The number of carbonyl (C=O) groups excluding carboxylic acids is 2. The van der Waals surface area contributed by atoms with Crippen LogP contribution >= 0.6 is 23.2 Å². The number of aliphatic imine (C=N–C) groups is 1. The van der Waals surface area contributed by atoms with Crippen LogP contribution in [0.5, 0.6) is 5.75 Å². The molecule has 3 amide bonds. The first-order chi connectivity index (χ1) is 25.3. The molecule has 1 unspecified atom stereocenters. The molecule has 53 heavy (non-hydrogen) atoms. The van der Waals surface area contributed by atoms with Gasteiger partial charge in [0.25, 0.3) is 0 Å². The zero-order valence-electron chi connectivity index (χ0n) is 31.3. The molecule has 1 saturated heterocycles. The first-order valence-corrected chi connectivity index (χ1v) is 19.1. The van der Waals surface area contributed by atoms with Crippen LogP contribution in [-0.4, -0.2) is 57.2 Å². The fourth-order valence-corrected chi connectivity index (χ4v) is 7.58. The van der Waals surface area contributed by atoms with E-state index in [2.05, 4.69) is 44.9 Å². The van der Waals surface area contributed by atoms with Crippen LogP contribution in [0.2, 0.25) is 10.0 Å². The molecule has 11 heteroatoms. The van der Waals surface area contributed by atoms with Crippen molar-refractivity contribution in [1.29, 1.82) is 0 Å². The van der Waals surface area contributed by atoms with Crippen molar-refractivity contribution < 1.29 is 14.3 Å². The number of aromatic nitrogens is 2. The number of pyridine rings is 2. The molecule has 9 nitrogen and oxygen atoms in total. The quantitative estimate of drug-likeness (QED) is 0.193. The number of amides is 3. The van der Waals surface area contributed by atoms with Gasteiger partial charge in [-0.1, -0.05) is 75.2 Å². The van der Waals surface area contributed by atoms with Gasteiger partial charge in [-0.25, -0.2) is 4.79 Å². The van der Waals surface area contributed by atoms with Gasteiger partial charge >= 0.3 is 6.03 Å². The molecule has 2 aromatic carbocycles. The van der Waals surface area contributed by atoms with Crippen LogP contribution in [0, 0.1) is 11.8 Å². The lowest BCUT2D eigenvalue weighted by atomic mass is 9.73. The molecule has 2 aliphatic heterocycles. The van der Waals surface area contributed by atoms with Gasteiger partial charge in [0.2, 0.25) is 5.91 Å². The van der Waals surface area contributed by atoms with Crippen molar-refractivity contribution in [2.45, 2.75) is 77.8 Å². The molecule has 0 radical (unpaired) electrons. The highest BCUT2D eigenvalue weighted by Gasteiger charge is 2.50. The number of amidine groups is 1. The first-order valence-electron chi connectivity index (χ1n) is 18.3. The van der Waals surface area contributed by atoms with E-state index in [1.165, 1.54) is 0 Å². The van der Waals surface area contributed by atoms with E-state index < -0.39 is 11.6 Å². The van der Waals surface area contributed by atoms with Crippen LogP contribution in [0.1, 0.15) is 89.2 Å². The van der Waals surface area contributed by atoms with Crippen LogP contribution in [0.25, 0.3) is 0 Å². The molecule has 0 aliphatic carbocycles. The van der Waals surface area contributed by atoms with E-state index in [0.717, 1.165) is 16.8 Å². The number of piperidine rings is 1. The van der Waals surface area contributed by atoms with Gasteiger partial charge in [0.05, 0.1) is 35.6 Å². The van der Waals surface area contributed by atoms with Crippen LogP contribution in [0.15, 0.2) is 90.3 Å². The lowest BCUT2D eigenvalue weighted by Crippen LogP contribution is -2.56. The molecule has 6 rings (SSSR count). The Morgan fingerprint density at radius 2 is 1.64 bits per heavy atom. The standard InChI is InChI=1S/C42H48Cl2N6O3/c1-7-53-35-24-36(41(3,4)5)46-26-34(35)39-48-42(6,30-12-16-32(44)17-13-30)27(2)38(29-10-14-31(43)15-11-29)50(39)40(52)49-21-18-28(19-22-49)23-37(51)47-33-9-8-20-45-25-33/h8-17,20,24-28,38H,7,18-19,21-23H2,1-6H3,(H,47,51)/t27?,38-,42-/m1/s1. The zero-order chi connectivity index (χ0) is 37.9. The number of rotatable bonds is 8. The number of hydrogen-bond donors (Lipinski definition) is 1. The lowest BCUT2D eigenvalue weighted by Gasteiger charge is -2.49. The summed E-state index contributed by atoms with van der Waals surface area (Å²) in [4.78, 5) is 46.3. The summed E-state index contributed by atoms with van der Waals surface area (Å²) in [7, 11) is 0. The Labute approximate surface area is 322 Å². The van der Waals surface area contributed by atoms with Gasteiger partial charge in [0.15, 0.2) is 0 Å². The fourth-order valence-electron chi connectivity index (χ4n) is 7.33. The first kappa shape index (κ1) is 38.3. The van der Waals surface area contributed by atoms with Crippen LogP contribution in [-0.2, 0) is 15.7 Å². The average molecular weight is 756 g/mol. The Morgan fingerprint density at radius 1 is 0.981 bits per heavy atom. The maximum Gasteiger partial charge on any atom is 0.326 e. The van der Waals surface area contributed by atoms with E-state index >= 15 is 4.79 Å². The normalized spacial score (nSPS) is 20.9. The summed E-state index contributed by atoms with van der Waals surface area (Å²) < 4.78 is 6.32. The second kappa shape index (κ2) is 15.9. The average Bonchev–Trinajstić information content (AvgIpc) is 3.13. The number of benzene rings is 2. The molecule has 3 atom stereocenters. The summed E-state index contributed by atoms with van der Waals surface area (Å²) in [5.41, 5.74) is 3.08. The molecule has 2 aliphatic rings. The predicted molar refractivity (Wildman–Crippen MR) is 212 cm³/mol. The van der Waals surface area contributed by atoms with E-state index in [1.54, 1.807) is 24.7 Å². The molecule has 0 spiro atoms. The number of halogens is 2. The van der Waals surface area contributed by atoms with Gasteiger partial charge in [-0.05, 0) is 80.1 Å². The summed E-state index contributed by atoms with van der Waals surface area (Å²) in [6.07, 6.45) is 6.88. The molecule has 4 heterocycles. The number of ether oxygens (including phenoxy) is 1. The van der Waals surface area contributed by atoms with Crippen molar-refractivity contribution in [3.8, 4) is 5.75 Å². The number of nitrogens with one attached hydrogen (secondary N) is 1. The summed E-state index contributed by atoms with van der Waals surface area (Å²) in [6, 6.07) is 20.5. The molecule has 0 bridgehead atoms. The van der Waals surface area contributed by atoms with E-state index in [-0.39, 0.29) is 29.2 Å². The third-order valence-corrected chi connectivity index (χ3v) is 11.0. The maximum atomic E-state index is 15.2. The zero-order valence-corrected chi connectivity index (χ0v) is 32.8. The van der Waals surface area contributed by atoms with E-state index in [4.69, 9.17) is 37.9 Å². The molecule has 2 aromatic heterocycles. The minimum atomic E-state index is -0.776. The minimum absolute atomic E-state index is 0.0546.